The first-order valence-electron chi connectivity index (χ1n) is 5.62. The van der Waals surface area contributed by atoms with Gasteiger partial charge in [-0.15, -0.1) is 0 Å². The zero-order valence-electron chi connectivity index (χ0n) is 10.1. The third kappa shape index (κ3) is 2.06. The lowest BCUT2D eigenvalue weighted by Crippen LogP contribution is -2.23. The molecule has 0 aliphatic heterocycles. The number of hydrogen-bond donors (Lipinski definition) is 0. The van der Waals surface area contributed by atoms with Crippen LogP contribution in [-0.2, 0) is 13.6 Å². The van der Waals surface area contributed by atoms with Crippen LogP contribution in [0.25, 0.3) is 11.2 Å². The van der Waals surface area contributed by atoms with Gasteiger partial charge < -0.3 is 0 Å². The van der Waals surface area contributed by atoms with E-state index in [2.05, 4.69) is 30.9 Å². The molecule has 6 nitrogen and oxygen atoms in total. The van der Waals surface area contributed by atoms with Gasteiger partial charge >= 0.3 is 5.69 Å². The van der Waals surface area contributed by atoms with Crippen LogP contribution in [0.15, 0.2) is 40.1 Å². The van der Waals surface area contributed by atoms with Crippen molar-refractivity contribution in [3.8, 4) is 0 Å². The third-order valence-electron chi connectivity index (χ3n) is 2.90. The molecular formula is C12H10BrN5O. The first kappa shape index (κ1) is 12.0. The normalized spacial score (nSPS) is 11.1. The van der Waals surface area contributed by atoms with E-state index in [1.807, 2.05) is 6.07 Å². The van der Waals surface area contributed by atoms with Gasteiger partial charge in [0.05, 0.1) is 17.8 Å². The number of imidazole rings is 1. The van der Waals surface area contributed by atoms with Crippen LogP contribution in [0.5, 0.6) is 0 Å². The van der Waals surface area contributed by atoms with Crippen LogP contribution in [-0.4, -0.2) is 24.1 Å². The molecule has 0 atom stereocenters. The van der Waals surface area contributed by atoms with E-state index in [-0.39, 0.29) is 5.69 Å². The highest BCUT2D eigenvalue weighted by Crippen LogP contribution is 2.16. The van der Waals surface area contributed by atoms with E-state index in [9.17, 15) is 4.79 Å². The minimum Gasteiger partial charge on any atom is -0.284 e. The van der Waals surface area contributed by atoms with Crippen molar-refractivity contribution in [3.05, 3.63) is 51.5 Å². The monoisotopic (exact) mass is 319 g/mol. The largest absolute Gasteiger partial charge is 0.330 e. The molecule has 0 N–H and O–H groups in total. The Balaban J connectivity index is 2.20. The molecular weight excluding hydrogens is 310 g/mol. The van der Waals surface area contributed by atoms with Gasteiger partial charge in [0.15, 0.2) is 5.65 Å². The topological polar surface area (TPSA) is 65.6 Å². The molecule has 3 rings (SSSR count). The maximum Gasteiger partial charge on any atom is 0.330 e. The first-order valence-corrected chi connectivity index (χ1v) is 6.42. The second-order valence-corrected chi connectivity index (χ2v) is 5.04. The molecule has 3 aromatic rings. The summed E-state index contributed by atoms with van der Waals surface area (Å²) < 4.78 is 4.01. The number of hydrogen-bond acceptors (Lipinski definition) is 4. The molecule has 0 amide bonds. The number of rotatable bonds is 2. The van der Waals surface area contributed by atoms with Crippen LogP contribution in [0.3, 0.4) is 0 Å². The fourth-order valence-corrected chi connectivity index (χ4v) is 2.30. The molecule has 0 radical (unpaired) electrons. The van der Waals surface area contributed by atoms with E-state index in [0.717, 1.165) is 15.7 Å². The molecule has 3 aromatic heterocycles. The van der Waals surface area contributed by atoms with E-state index in [0.29, 0.717) is 12.2 Å². The van der Waals surface area contributed by atoms with Gasteiger partial charge in [0.2, 0.25) is 0 Å². The average molecular weight is 320 g/mol. The van der Waals surface area contributed by atoms with E-state index in [4.69, 9.17) is 0 Å². The summed E-state index contributed by atoms with van der Waals surface area (Å²) in [5.41, 5.74) is 2.10. The summed E-state index contributed by atoms with van der Waals surface area (Å²) in [6.07, 6.45) is 4.81. The van der Waals surface area contributed by atoms with Crippen LogP contribution in [0.1, 0.15) is 5.69 Å². The fourth-order valence-electron chi connectivity index (χ4n) is 1.98. The van der Waals surface area contributed by atoms with Gasteiger partial charge in [-0.05, 0) is 28.1 Å². The summed E-state index contributed by atoms with van der Waals surface area (Å²) >= 11 is 3.37. The summed E-state index contributed by atoms with van der Waals surface area (Å²) in [4.78, 5) is 24.5. The Morgan fingerprint density at radius 1 is 1.37 bits per heavy atom. The lowest BCUT2D eigenvalue weighted by atomic mass is 10.4. The summed E-state index contributed by atoms with van der Waals surface area (Å²) in [5.74, 6) is 0. The molecule has 96 valence electrons. The van der Waals surface area contributed by atoms with Gasteiger partial charge in [-0.25, -0.2) is 19.7 Å². The average Bonchev–Trinajstić information content (AvgIpc) is 2.65. The quantitative estimate of drug-likeness (QED) is 0.715. The molecule has 3 heterocycles. The molecule has 0 fully saturated rings. The highest BCUT2D eigenvalue weighted by molar-refractivity contribution is 9.10. The predicted molar refractivity (Wildman–Crippen MR) is 73.8 cm³/mol. The molecule has 0 aliphatic carbocycles. The molecule has 0 aromatic carbocycles. The fraction of sp³-hybridized carbons (Fsp3) is 0.167. The van der Waals surface area contributed by atoms with Crippen molar-refractivity contribution in [1.82, 2.24) is 24.1 Å². The number of nitrogens with zero attached hydrogens (tertiary/aromatic N) is 5. The molecule has 0 bridgehead atoms. The summed E-state index contributed by atoms with van der Waals surface area (Å²) in [5, 5.41) is 0. The summed E-state index contributed by atoms with van der Waals surface area (Å²) in [6, 6.07) is 3.67. The molecule has 0 aliphatic rings. The van der Waals surface area contributed by atoms with Crippen LogP contribution < -0.4 is 5.69 Å². The van der Waals surface area contributed by atoms with Crippen molar-refractivity contribution in [1.29, 1.82) is 0 Å². The number of aromatic nitrogens is 5. The van der Waals surface area contributed by atoms with Crippen molar-refractivity contribution in [2.45, 2.75) is 6.54 Å². The Morgan fingerprint density at radius 3 is 2.95 bits per heavy atom. The lowest BCUT2D eigenvalue weighted by Gasteiger charge is -2.02. The van der Waals surface area contributed by atoms with Gasteiger partial charge in [-0.2, -0.15) is 0 Å². The zero-order valence-corrected chi connectivity index (χ0v) is 11.7. The Hall–Kier alpha value is -2.02. The highest BCUT2D eigenvalue weighted by Gasteiger charge is 2.12. The third-order valence-corrected chi connectivity index (χ3v) is 3.34. The van der Waals surface area contributed by atoms with E-state index in [1.165, 1.54) is 10.9 Å². The Kier molecular flexibility index (Phi) is 2.90. The van der Waals surface area contributed by atoms with Crippen LogP contribution in [0.2, 0.25) is 0 Å². The van der Waals surface area contributed by atoms with Crippen molar-refractivity contribution in [3.63, 3.8) is 0 Å². The molecule has 0 saturated heterocycles. The SMILES string of the molecule is Cn1c(=O)n(Cc2ccncn2)c2cc(Br)cnc21. The smallest absolute Gasteiger partial charge is 0.284 e. The Bertz CT molecular complexity index is 793. The summed E-state index contributed by atoms with van der Waals surface area (Å²) in [7, 11) is 1.71. The number of fused-ring (bicyclic) bond motifs is 1. The van der Waals surface area contributed by atoms with Crippen LogP contribution in [0, 0.1) is 0 Å². The zero-order chi connectivity index (χ0) is 13.4. The van der Waals surface area contributed by atoms with Gasteiger partial charge in [-0.3, -0.25) is 9.13 Å². The minimum absolute atomic E-state index is 0.112. The lowest BCUT2D eigenvalue weighted by molar-refractivity contribution is 0.719. The molecule has 0 unspecified atom stereocenters. The highest BCUT2D eigenvalue weighted by atomic mass is 79.9. The van der Waals surface area contributed by atoms with E-state index >= 15 is 0 Å². The van der Waals surface area contributed by atoms with Gasteiger partial charge in [0.1, 0.15) is 6.33 Å². The van der Waals surface area contributed by atoms with Crippen LogP contribution in [0.4, 0.5) is 0 Å². The molecule has 0 spiro atoms. The van der Waals surface area contributed by atoms with E-state index in [1.54, 1.807) is 30.1 Å². The van der Waals surface area contributed by atoms with Crippen LogP contribution >= 0.6 is 15.9 Å². The van der Waals surface area contributed by atoms with Crippen molar-refractivity contribution >= 4 is 27.1 Å². The molecule has 19 heavy (non-hydrogen) atoms. The van der Waals surface area contributed by atoms with Crippen molar-refractivity contribution in [2.75, 3.05) is 0 Å². The summed E-state index contributed by atoms with van der Waals surface area (Å²) in [6.45, 7) is 0.400. The van der Waals surface area contributed by atoms with E-state index < -0.39 is 0 Å². The van der Waals surface area contributed by atoms with Gasteiger partial charge in [-0.1, -0.05) is 0 Å². The predicted octanol–water partition coefficient (Wildman–Crippen LogP) is 1.34. The van der Waals surface area contributed by atoms with Crippen molar-refractivity contribution < 1.29 is 0 Å². The number of aryl methyl sites for hydroxylation is 1. The van der Waals surface area contributed by atoms with Gasteiger partial charge in [0, 0.05) is 23.9 Å². The number of pyridine rings is 1. The maximum atomic E-state index is 12.2. The minimum atomic E-state index is -0.112. The Morgan fingerprint density at radius 2 is 2.21 bits per heavy atom. The van der Waals surface area contributed by atoms with Gasteiger partial charge in [0.25, 0.3) is 0 Å². The molecule has 7 heteroatoms. The first-order chi connectivity index (χ1) is 9.16. The van der Waals surface area contributed by atoms with Crippen molar-refractivity contribution in [2.24, 2.45) is 7.05 Å². The molecule has 0 saturated carbocycles. The Labute approximate surface area is 116 Å². The standard InChI is InChI=1S/C12H10BrN5O/c1-17-11-10(4-8(13)5-15-11)18(12(17)19)6-9-2-3-14-7-16-9/h2-5,7H,6H2,1H3. The number of halogens is 1. The second kappa shape index (κ2) is 4.58. The maximum absolute atomic E-state index is 12.2. The second-order valence-electron chi connectivity index (χ2n) is 4.12.